The average Bonchev–Trinajstić information content (AvgIpc) is 2.61. The largest absolute Gasteiger partial charge is 0.381 e. The van der Waals surface area contributed by atoms with Crippen molar-refractivity contribution < 1.29 is 9.53 Å². The fraction of sp³-hybridized carbons (Fsp3) is 0.600. The summed E-state index contributed by atoms with van der Waals surface area (Å²) in [6, 6.07) is 1.68. The van der Waals surface area contributed by atoms with Crippen LogP contribution in [0.2, 0.25) is 0 Å². The summed E-state index contributed by atoms with van der Waals surface area (Å²) < 4.78 is 6.84. The molecule has 5 heteroatoms. The molecule has 1 aliphatic heterocycles. The van der Waals surface area contributed by atoms with Crippen molar-refractivity contribution in [2.75, 3.05) is 13.2 Å². The third-order valence-electron chi connectivity index (χ3n) is 2.66. The maximum Gasteiger partial charge on any atom is 0.266 e. The highest BCUT2D eigenvalue weighted by molar-refractivity contribution is 5.53. The number of H-pyrrole nitrogens is 1. The highest BCUT2D eigenvalue weighted by atomic mass is 16.5. The van der Waals surface area contributed by atoms with Crippen molar-refractivity contribution in [3.63, 3.8) is 0 Å². The van der Waals surface area contributed by atoms with Crippen molar-refractivity contribution in [1.82, 2.24) is 9.78 Å². The first kappa shape index (κ1) is 10.2. The Bertz CT molecular complexity index is 388. The van der Waals surface area contributed by atoms with Crippen LogP contribution in [-0.4, -0.2) is 29.3 Å². The number of carbonyl (C=O) groups is 1. The number of rotatable bonds is 3. The van der Waals surface area contributed by atoms with Gasteiger partial charge in [-0.25, -0.2) is 4.68 Å². The SMILES string of the molecule is O=CCc1cc(=O)n(C2CCOCC2)[nH]1. The lowest BCUT2D eigenvalue weighted by molar-refractivity contribution is -0.107. The van der Waals surface area contributed by atoms with Gasteiger partial charge in [0, 0.05) is 31.4 Å². The van der Waals surface area contributed by atoms with Crippen LogP contribution < -0.4 is 5.56 Å². The summed E-state index contributed by atoms with van der Waals surface area (Å²) in [5, 5.41) is 2.97. The van der Waals surface area contributed by atoms with Gasteiger partial charge in [0.05, 0.1) is 6.04 Å². The lowest BCUT2D eigenvalue weighted by Gasteiger charge is -2.22. The monoisotopic (exact) mass is 210 g/mol. The molecule has 1 aliphatic rings. The van der Waals surface area contributed by atoms with Crippen molar-refractivity contribution in [3.05, 3.63) is 22.1 Å². The van der Waals surface area contributed by atoms with Gasteiger partial charge in [-0.15, -0.1) is 0 Å². The second-order valence-corrected chi connectivity index (χ2v) is 3.70. The van der Waals surface area contributed by atoms with Gasteiger partial charge in [-0.2, -0.15) is 0 Å². The summed E-state index contributed by atoms with van der Waals surface area (Å²) in [4.78, 5) is 21.9. The molecule has 1 saturated heterocycles. The Hall–Kier alpha value is -1.36. The van der Waals surface area contributed by atoms with E-state index in [0.29, 0.717) is 18.9 Å². The zero-order chi connectivity index (χ0) is 10.7. The molecule has 0 amide bonds. The molecule has 0 spiro atoms. The molecular formula is C10H14N2O3. The van der Waals surface area contributed by atoms with Gasteiger partial charge in [0.15, 0.2) is 0 Å². The first-order valence-electron chi connectivity index (χ1n) is 5.13. The van der Waals surface area contributed by atoms with Crippen LogP contribution in [0.25, 0.3) is 0 Å². The molecule has 0 unspecified atom stereocenters. The fourth-order valence-electron chi connectivity index (χ4n) is 1.87. The minimum atomic E-state index is -0.0567. The first-order valence-corrected chi connectivity index (χ1v) is 5.13. The molecular weight excluding hydrogens is 196 g/mol. The van der Waals surface area contributed by atoms with Gasteiger partial charge in [-0.3, -0.25) is 9.89 Å². The zero-order valence-electron chi connectivity index (χ0n) is 8.44. The first-order chi connectivity index (χ1) is 7.31. The molecule has 0 atom stereocenters. The average molecular weight is 210 g/mol. The number of aromatic nitrogens is 2. The third-order valence-corrected chi connectivity index (χ3v) is 2.66. The van der Waals surface area contributed by atoms with E-state index >= 15 is 0 Å². The van der Waals surface area contributed by atoms with Crippen LogP contribution >= 0.6 is 0 Å². The quantitative estimate of drug-likeness (QED) is 0.728. The number of aldehydes is 1. The lowest BCUT2D eigenvalue weighted by atomic mass is 10.1. The van der Waals surface area contributed by atoms with E-state index in [2.05, 4.69) is 5.10 Å². The smallest absolute Gasteiger partial charge is 0.266 e. The van der Waals surface area contributed by atoms with E-state index in [1.165, 1.54) is 6.07 Å². The van der Waals surface area contributed by atoms with E-state index in [-0.39, 0.29) is 18.0 Å². The molecule has 0 aliphatic carbocycles. The molecule has 0 radical (unpaired) electrons. The van der Waals surface area contributed by atoms with Crippen molar-refractivity contribution in [2.45, 2.75) is 25.3 Å². The molecule has 1 aromatic heterocycles. The van der Waals surface area contributed by atoms with Gasteiger partial charge in [0.25, 0.3) is 5.56 Å². The minimum absolute atomic E-state index is 0.0567. The Kier molecular flexibility index (Phi) is 3.01. The second kappa shape index (κ2) is 4.44. The van der Waals surface area contributed by atoms with Crippen LogP contribution in [0.1, 0.15) is 24.6 Å². The van der Waals surface area contributed by atoms with Gasteiger partial charge in [-0.1, -0.05) is 0 Å². The van der Waals surface area contributed by atoms with E-state index in [1.807, 2.05) is 0 Å². The van der Waals surface area contributed by atoms with Crippen LogP contribution in [-0.2, 0) is 16.0 Å². The molecule has 0 aromatic carbocycles. The number of nitrogens with zero attached hydrogens (tertiary/aromatic N) is 1. The number of hydrogen-bond donors (Lipinski definition) is 1. The van der Waals surface area contributed by atoms with E-state index < -0.39 is 0 Å². The Labute approximate surface area is 87.0 Å². The highest BCUT2D eigenvalue weighted by Gasteiger charge is 2.18. The van der Waals surface area contributed by atoms with Crippen molar-refractivity contribution in [2.24, 2.45) is 0 Å². The fourth-order valence-corrected chi connectivity index (χ4v) is 1.87. The van der Waals surface area contributed by atoms with Crippen LogP contribution in [0, 0.1) is 0 Å². The zero-order valence-corrected chi connectivity index (χ0v) is 8.44. The van der Waals surface area contributed by atoms with Crippen LogP contribution in [0.4, 0.5) is 0 Å². The summed E-state index contributed by atoms with van der Waals surface area (Å²) in [6.07, 6.45) is 2.76. The highest BCUT2D eigenvalue weighted by Crippen LogP contribution is 2.17. The molecule has 2 heterocycles. The summed E-state index contributed by atoms with van der Waals surface area (Å²) in [5.74, 6) is 0. The summed E-state index contributed by atoms with van der Waals surface area (Å²) in [5.41, 5.74) is 0.625. The van der Waals surface area contributed by atoms with Crippen LogP contribution in [0.5, 0.6) is 0 Å². The Morgan fingerprint density at radius 3 is 2.93 bits per heavy atom. The molecule has 1 N–H and O–H groups in total. The van der Waals surface area contributed by atoms with E-state index in [9.17, 15) is 9.59 Å². The summed E-state index contributed by atoms with van der Waals surface area (Å²) >= 11 is 0. The Balaban J connectivity index is 2.19. The Morgan fingerprint density at radius 1 is 1.53 bits per heavy atom. The lowest BCUT2D eigenvalue weighted by Crippen LogP contribution is -2.27. The standard InChI is InChI=1S/C10H14N2O3/c13-4-1-8-7-10(14)12(11-8)9-2-5-15-6-3-9/h4,7,9,11H,1-3,5-6H2. The third kappa shape index (κ3) is 2.18. The molecule has 15 heavy (non-hydrogen) atoms. The number of nitrogens with one attached hydrogen (secondary N) is 1. The topological polar surface area (TPSA) is 64.1 Å². The van der Waals surface area contributed by atoms with Crippen molar-refractivity contribution >= 4 is 6.29 Å². The summed E-state index contributed by atoms with van der Waals surface area (Å²) in [6.45, 7) is 1.39. The van der Waals surface area contributed by atoms with Crippen LogP contribution in [0.15, 0.2) is 10.9 Å². The molecule has 82 valence electrons. The number of ether oxygens (including phenoxy) is 1. The number of carbonyl (C=O) groups excluding carboxylic acids is 1. The van der Waals surface area contributed by atoms with Gasteiger partial charge in [-0.05, 0) is 12.8 Å². The molecule has 1 aromatic rings. The van der Waals surface area contributed by atoms with Gasteiger partial charge in [0.1, 0.15) is 6.29 Å². The molecule has 2 rings (SSSR count). The van der Waals surface area contributed by atoms with E-state index in [0.717, 1.165) is 19.1 Å². The van der Waals surface area contributed by atoms with Crippen LogP contribution in [0.3, 0.4) is 0 Å². The second-order valence-electron chi connectivity index (χ2n) is 3.70. The van der Waals surface area contributed by atoms with Gasteiger partial charge < -0.3 is 9.53 Å². The molecule has 0 bridgehead atoms. The normalized spacial score (nSPS) is 17.9. The molecule has 1 fully saturated rings. The minimum Gasteiger partial charge on any atom is -0.381 e. The molecule has 0 saturated carbocycles. The van der Waals surface area contributed by atoms with Gasteiger partial charge in [0.2, 0.25) is 0 Å². The van der Waals surface area contributed by atoms with Crippen molar-refractivity contribution in [3.8, 4) is 0 Å². The van der Waals surface area contributed by atoms with Crippen molar-refractivity contribution in [1.29, 1.82) is 0 Å². The predicted molar refractivity (Wildman–Crippen MR) is 53.9 cm³/mol. The summed E-state index contributed by atoms with van der Waals surface area (Å²) in [7, 11) is 0. The maximum atomic E-state index is 11.6. The number of hydrogen-bond acceptors (Lipinski definition) is 3. The predicted octanol–water partition coefficient (Wildman–Crippen LogP) is 0.269. The van der Waals surface area contributed by atoms with Gasteiger partial charge >= 0.3 is 0 Å². The Morgan fingerprint density at radius 2 is 2.27 bits per heavy atom. The van der Waals surface area contributed by atoms with E-state index in [1.54, 1.807) is 4.68 Å². The number of aromatic amines is 1. The maximum absolute atomic E-state index is 11.6. The van der Waals surface area contributed by atoms with E-state index in [4.69, 9.17) is 4.74 Å². The molecule has 5 nitrogen and oxygen atoms in total.